The van der Waals surface area contributed by atoms with E-state index in [2.05, 4.69) is 5.32 Å². The van der Waals surface area contributed by atoms with Crippen LogP contribution >= 0.6 is 0 Å². The summed E-state index contributed by atoms with van der Waals surface area (Å²) in [6.07, 6.45) is 0. The number of benzene rings is 2. The molecule has 0 aromatic heterocycles. The second-order valence-electron chi connectivity index (χ2n) is 5.05. The van der Waals surface area contributed by atoms with Crippen LogP contribution in [0, 0.1) is 11.6 Å². The van der Waals surface area contributed by atoms with Crippen LogP contribution in [0.1, 0.15) is 10.4 Å². The first kappa shape index (κ1) is 19.2. The van der Waals surface area contributed by atoms with E-state index in [1.807, 2.05) is 0 Å². The number of halogens is 2. The molecule has 0 spiro atoms. The van der Waals surface area contributed by atoms with Crippen molar-refractivity contribution < 1.29 is 32.6 Å². The van der Waals surface area contributed by atoms with Gasteiger partial charge in [-0.25, -0.2) is 13.6 Å². The van der Waals surface area contributed by atoms with Crippen LogP contribution in [0.2, 0.25) is 0 Å². The molecule has 138 valence electrons. The summed E-state index contributed by atoms with van der Waals surface area (Å²) in [6, 6.07) is 9.64. The quantitative estimate of drug-likeness (QED) is 0.574. The van der Waals surface area contributed by atoms with Gasteiger partial charge >= 0.3 is 5.97 Å². The number of carbonyl (C=O) groups is 2. The van der Waals surface area contributed by atoms with Gasteiger partial charge in [-0.2, -0.15) is 0 Å². The van der Waals surface area contributed by atoms with Crippen molar-refractivity contribution >= 4 is 11.9 Å². The Bertz CT molecular complexity index is 782. The van der Waals surface area contributed by atoms with Crippen molar-refractivity contribution in [1.82, 2.24) is 5.32 Å². The maximum Gasteiger partial charge on any atom is 0.338 e. The van der Waals surface area contributed by atoms with Crippen LogP contribution in [-0.2, 0) is 9.53 Å². The van der Waals surface area contributed by atoms with E-state index in [0.29, 0.717) is 17.6 Å². The summed E-state index contributed by atoms with van der Waals surface area (Å²) in [5, 5.41) is 2.50. The summed E-state index contributed by atoms with van der Waals surface area (Å²) in [5.74, 6) is -2.62. The molecule has 0 saturated carbocycles. The average molecular weight is 365 g/mol. The lowest BCUT2D eigenvalue weighted by Gasteiger charge is -2.11. The van der Waals surface area contributed by atoms with Crippen LogP contribution in [0.3, 0.4) is 0 Å². The van der Waals surface area contributed by atoms with Crippen molar-refractivity contribution in [3.05, 3.63) is 59.7 Å². The predicted molar refractivity (Wildman–Crippen MR) is 88.1 cm³/mol. The standard InChI is InChI=1S/C18H17F2NO5/c1-24-15-4-2-3-5-16(15)25-9-8-21-17(22)11-26-18(23)12-6-7-13(19)14(20)10-12/h2-7,10H,8-9,11H2,1H3,(H,21,22). The smallest absolute Gasteiger partial charge is 0.338 e. The van der Waals surface area contributed by atoms with E-state index in [4.69, 9.17) is 14.2 Å². The van der Waals surface area contributed by atoms with Crippen molar-refractivity contribution in [3.63, 3.8) is 0 Å². The fourth-order valence-corrected chi connectivity index (χ4v) is 1.98. The molecule has 0 bridgehead atoms. The van der Waals surface area contributed by atoms with E-state index in [-0.39, 0.29) is 18.7 Å². The fraction of sp³-hybridized carbons (Fsp3) is 0.222. The van der Waals surface area contributed by atoms with Crippen LogP contribution in [0.25, 0.3) is 0 Å². The molecule has 0 radical (unpaired) electrons. The molecule has 0 aliphatic carbocycles. The number of amides is 1. The second kappa shape index (κ2) is 9.36. The normalized spacial score (nSPS) is 10.1. The fourth-order valence-electron chi connectivity index (χ4n) is 1.98. The minimum atomic E-state index is -1.17. The number of hydrogen-bond donors (Lipinski definition) is 1. The summed E-state index contributed by atoms with van der Waals surface area (Å²) in [7, 11) is 1.52. The maximum atomic E-state index is 13.1. The molecule has 2 rings (SSSR count). The Kier molecular flexibility index (Phi) is 6.90. The third kappa shape index (κ3) is 5.44. The monoisotopic (exact) mass is 365 g/mol. The first-order chi connectivity index (χ1) is 12.5. The molecule has 2 aromatic rings. The topological polar surface area (TPSA) is 73.9 Å². The summed E-state index contributed by atoms with van der Waals surface area (Å²) >= 11 is 0. The highest BCUT2D eigenvalue weighted by atomic mass is 19.2. The Morgan fingerprint density at radius 2 is 1.77 bits per heavy atom. The molecule has 0 heterocycles. The predicted octanol–water partition coefficient (Wildman–Crippen LogP) is 2.33. The molecule has 1 amide bonds. The Hall–Kier alpha value is -3.16. The van der Waals surface area contributed by atoms with Gasteiger partial charge in [-0.1, -0.05) is 12.1 Å². The molecule has 8 heteroatoms. The highest BCUT2D eigenvalue weighted by Crippen LogP contribution is 2.25. The molecule has 0 atom stereocenters. The molecule has 0 unspecified atom stereocenters. The van der Waals surface area contributed by atoms with E-state index < -0.39 is 30.1 Å². The lowest BCUT2D eigenvalue weighted by atomic mass is 10.2. The van der Waals surface area contributed by atoms with Gasteiger partial charge in [-0.15, -0.1) is 0 Å². The molecule has 0 saturated heterocycles. The van der Waals surface area contributed by atoms with Crippen LogP contribution in [0.5, 0.6) is 11.5 Å². The number of methoxy groups -OCH3 is 1. The SMILES string of the molecule is COc1ccccc1OCCNC(=O)COC(=O)c1ccc(F)c(F)c1. The first-order valence-electron chi connectivity index (χ1n) is 7.66. The van der Waals surface area contributed by atoms with Crippen LogP contribution < -0.4 is 14.8 Å². The number of esters is 1. The first-order valence-corrected chi connectivity index (χ1v) is 7.66. The van der Waals surface area contributed by atoms with Crippen LogP contribution in [-0.4, -0.2) is 38.7 Å². The zero-order chi connectivity index (χ0) is 18.9. The Morgan fingerprint density at radius 3 is 2.46 bits per heavy atom. The van der Waals surface area contributed by atoms with E-state index >= 15 is 0 Å². The number of hydrogen-bond acceptors (Lipinski definition) is 5. The van der Waals surface area contributed by atoms with Gasteiger partial charge in [0.1, 0.15) is 6.61 Å². The summed E-state index contributed by atoms with van der Waals surface area (Å²) < 4.78 is 41.2. The van der Waals surface area contributed by atoms with Crippen molar-refractivity contribution in [2.75, 3.05) is 26.9 Å². The lowest BCUT2D eigenvalue weighted by molar-refractivity contribution is -0.124. The van der Waals surface area contributed by atoms with Crippen LogP contribution in [0.15, 0.2) is 42.5 Å². The third-order valence-corrected chi connectivity index (χ3v) is 3.24. The van der Waals surface area contributed by atoms with Gasteiger partial charge in [0.15, 0.2) is 29.7 Å². The Labute approximate surface area is 148 Å². The summed E-state index contributed by atoms with van der Waals surface area (Å²) in [4.78, 5) is 23.3. The van der Waals surface area contributed by atoms with Gasteiger partial charge in [0.25, 0.3) is 5.91 Å². The van der Waals surface area contributed by atoms with Gasteiger partial charge in [-0.3, -0.25) is 4.79 Å². The van der Waals surface area contributed by atoms with Crippen molar-refractivity contribution in [3.8, 4) is 11.5 Å². The summed E-state index contributed by atoms with van der Waals surface area (Å²) in [5.41, 5.74) is -0.184. The number of nitrogens with one attached hydrogen (secondary N) is 1. The molecule has 1 N–H and O–H groups in total. The Balaban J connectivity index is 1.70. The van der Waals surface area contributed by atoms with Crippen molar-refractivity contribution in [1.29, 1.82) is 0 Å². The molecule has 0 aliphatic heterocycles. The highest BCUT2D eigenvalue weighted by Gasteiger charge is 2.13. The average Bonchev–Trinajstić information content (AvgIpc) is 2.65. The van der Waals surface area contributed by atoms with Gasteiger partial charge in [0, 0.05) is 0 Å². The zero-order valence-corrected chi connectivity index (χ0v) is 14.0. The minimum Gasteiger partial charge on any atom is -0.493 e. The van der Waals surface area contributed by atoms with Crippen molar-refractivity contribution in [2.24, 2.45) is 0 Å². The van der Waals surface area contributed by atoms with E-state index in [9.17, 15) is 18.4 Å². The largest absolute Gasteiger partial charge is 0.493 e. The third-order valence-electron chi connectivity index (χ3n) is 3.24. The molecule has 0 fully saturated rings. The zero-order valence-electron chi connectivity index (χ0n) is 14.0. The molecule has 0 aliphatic rings. The van der Waals surface area contributed by atoms with E-state index in [0.717, 1.165) is 12.1 Å². The molecular formula is C18H17F2NO5. The second-order valence-corrected chi connectivity index (χ2v) is 5.05. The molecule has 6 nitrogen and oxygen atoms in total. The maximum absolute atomic E-state index is 13.1. The van der Waals surface area contributed by atoms with E-state index in [1.54, 1.807) is 24.3 Å². The van der Waals surface area contributed by atoms with Gasteiger partial charge < -0.3 is 19.5 Å². The van der Waals surface area contributed by atoms with Crippen LogP contribution in [0.4, 0.5) is 8.78 Å². The summed E-state index contributed by atoms with van der Waals surface area (Å²) in [6.45, 7) is -0.185. The minimum absolute atomic E-state index is 0.180. The van der Waals surface area contributed by atoms with E-state index in [1.165, 1.54) is 7.11 Å². The van der Waals surface area contributed by atoms with Gasteiger partial charge in [0.2, 0.25) is 0 Å². The van der Waals surface area contributed by atoms with Gasteiger partial charge in [0.05, 0.1) is 19.2 Å². The molecule has 2 aromatic carbocycles. The molecular weight excluding hydrogens is 348 g/mol. The Morgan fingerprint density at radius 1 is 1.04 bits per heavy atom. The highest BCUT2D eigenvalue weighted by molar-refractivity contribution is 5.91. The number of ether oxygens (including phenoxy) is 3. The number of rotatable bonds is 8. The number of para-hydroxylation sites is 2. The lowest BCUT2D eigenvalue weighted by Crippen LogP contribution is -2.32. The van der Waals surface area contributed by atoms with Crippen molar-refractivity contribution in [2.45, 2.75) is 0 Å². The number of carbonyl (C=O) groups excluding carboxylic acids is 2. The van der Waals surface area contributed by atoms with Gasteiger partial charge in [-0.05, 0) is 30.3 Å². The molecule has 26 heavy (non-hydrogen) atoms.